The molecule has 0 aromatic rings. The molecule has 0 aliphatic carbocycles. The minimum Gasteiger partial charge on any atom is -0.466 e. The molecule has 4 heteroatoms. The summed E-state index contributed by atoms with van der Waals surface area (Å²) in [6.07, 6.45) is 3.25. The number of halogens is 1. The van der Waals surface area contributed by atoms with Crippen LogP contribution in [0.4, 0.5) is 0 Å². The number of likely N-dealkylation sites (tertiary alicyclic amines) is 1. The van der Waals surface area contributed by atoms with Gasteiger partial charge in [-0.2, -0.15) is 0 Å². The van der Waals surface area contributed by atoms with Crippen molar-refractivity contribution in [2.75, 3.05) is 31.6 Å². The molecule has 15 heavy (non-hydrogen) atoms. The van der Waals surface area contributed by atoms with Crippen molar-refractivity contribution in [2.45, 2.75) is 26.2 Å². The van der Waals surface area contributed by atoms with E-state index in [1.165, 1.54) is 0 Å². The van der Waals surface area contributed by atoms with E-state index in [2.05, 4.69) is 20.8 Å². The predicted molar refractivity (Wildman–Crippen MR) is 64.2 cm³/mol. The molecule has 1 atom stereocenters. The van der Waals surface area contributed by atoms with Gasteiger partial charge in [-0.3, -0.25) is 4.79 Å². The molecule has 0 saturated carbocycles. The number of rotatable bonds is 5. The van der Waals surface area contributed by atoms with Gasteiger partial charge in [-0.15, -0.1) is 0 Å². The van der Waals surface area contributed by atoms with Gasteiger partial charge in [-0.1, -0.05) is 15.9 Å². The molecule has 0 aromatic heterocycles. The molecule has 0 N–H and O–H groups in total. The predicted octanol–water partition coefficient (Wildman–Crippen LogP) is 2.05. The Kier molecular flexibility index (Phi) is 6.25. The summed E-state index contributed by atoms with van der Waals surface area (Å²) in [4.78, 5) is 13.9. The fourth-order valence-corrected chi connectivity index (χ4v) is 2.25. The summed E-state index contributed by atoms with van der Waals surface area (Å²) in [6.45, 7) is 5.45. The summed E-state index contributed by atoms with van der Waals surface area (Å²) in [5, 5.41) is 1.04. The van der Waals surface area contributed by atoms with Gasteiger partial charge in [0.25, 0.3) is 0 Å². The average molecular weight is 278 g/mol. The molecule has 1 unspecified atom stereocenters. The summed E-state index contributed by atoms with van der Waals surface area (Å²) >= 11 is 3.43. The summed E-state index contributed by atoms with van der Waals surface area (Å²) in [7, 11) is 0. The Bertz CT molecular complexity index is 199. The van der Waals surface area contributed by atoms with Crippen LogP contribution in [0.5, 0.6) is 0 Å². The second-order valence-corrected chi connectivity index (χ2v) is 4.73. The number of alkyl halides is 1. The summed E-state index contributed by atoms with van der Waals surface area (Å²) in [5.74, 6) is 0.0927. The molecule has 0 bridgehead atoms. The van der Waals surface area contributed by atoms with Crippen molar-refractivity contribution in [3.63, 3.8) is 0 Å². The Morgan fingerprint density at radius 2 is 2.40 bits per heavy atom. The normalized spacial score (nSPS) is 22.7. The van der Waals surface area contributed by atoms with Crippen LogP contribution in [0.15, 0.2) is 0 Å². The van der Waals surface area contributed by atoms with Crippen molar-refractivity contribution in [1.29, 1.82) is 0 Å². The van der Waals surface area contributed by atoms with Gasteiger partial charge < -0.3 is 9.64 Å². The zero-order valence-corrected chi connectivity index (χ0v) is 11.0. The number of esters is 1. The first-order valence-electron chi connectivity index (χ1n) is 5.73. The SMILES string of the molecule is CCOC(=O)C1CCCN(CCCBr)C1. The van der Waals surface area contributed by atoms with Crippen LogP contribution in [-0.4, -0.2) is 42.4 Å². The molecular formula is C11H20BrNO2. The van der Waals surface area contributed by atoms with Gasteiger partial charge in [0.15, 0.2) is 0 Å². The average Bonchev–Trinajstić information content (AvgIpc) is 2.27. The largest absolute Gasteiger partial charge is 0.466 e. The number of carbonyl (C=O) groups is 1. The van der Waals surface area contributed by atoms with E-state index in [9.17, 15) is 4.79 Å². The number of hydrogen-bond acceptors (Lipinski definition) is 3. The molecule has 88 valence electrons. The van der Waals surface area contributed by atoms with Gasteiger partial charge in [0.05, 0.1) is 12.5 Å². The van der Waals surface area contributed by atoms with Crippen LogP contribution in [0.1, 0.15) is 26.2 Å². The van der Waals surface area contributed by atoms with E-state index in [0.717, 1.165) is 44.2 Å². The minimum atomic E-state index is -0.0129. The van der Waals surface area contributed by atoms with Crippen molar-refractivity contribution < 1.29 is 9.53 Å². The van der Waals surface area contributed by atoms with E-state index in [1.807, 2.05) is 6.92 Å². The van der Waals surface area contributed by atoms with Crippen molar-refractivity contribution in [3.05, 3.63) is 0 Å². The topological polar surface area (TPSA) is 29.5 Å². The summed E-state index contributed by atoms with van der Waals surface area (Å²) in [6, 6.07) is 0. The third kappa shape index (κ3) is 4.51. The Balaban J connectivity index is 2.31. The van der Waals surface area contributed by atoms with Crippen LogP contribution in [0, 0.1) is 5.92 Å². The smallest absolute Gasteiger partial charge is 0.310 e. The standard InChI is InChI=1S/C11H20BrNO2/c1-2-15-11(14)10-5-3-7-13(9-10)8-4-6-12/h10H,2-9H2,1H3. The lowest BCUT2D eigenvalue weighted by Gasteiger charge is -2.31. The second-order valence-electron chi connectivity index (χ2n) is 3.93. The Labute approximate surface area is 100 Å². The zero-order valence-electron chi connectivity index (χ0n) is 9.38. The van der Waals surface area contributed by atoms with Crippen molar-refractivity contribution in [1.82, 2.24) is 4.90 Å². The number of ether oxygens (including phenoxy) is 1. The first-order chi connectivity index (χ1) is 7.27. The van der Waals surface area contributed by atoms with Crippen LogP contribution in [0.2, 0.25) is 0 Å². The molecule has 1 aliphatic heterocycles. The van der Waals surface area contributed by atoms with Crippen LogP contribution < -0.4 is 0 Å². The van der Waals surface area contributed by atoms with Gasteiger partial charge in [0, 0.05) is 11.9 Å². The highest BCUT2D eigenvalue weighted by atomic mass is 79.9. The number of nitrogens with zero attached hydrogens (tertiary/aromatic N) is 1. The molecule has 1 aliphatic rings. The van der Waals surface area contributed by atoms with Crippen molar-refractivity contribution in [3.8, 4) is 0 Å². The van der Waals surface area contributed by atoms with E-state index < -0.39 is 0 Å². The third-order valence-electron chi connectivity index (χ3n) is 2.73. The first-order valence-corrected chi connectivity index (χ1v) is 6.85. The third-order valence-corrected chi connectivity index (χ3v) is 3.29. The fourth-order valence-electron chi connectivity index (χ4n) is 1.99. The van der Waals surface area contributed by atoms with Crippen LogP contribution >= 0.6 is 15.9 Å². The fraction of sp³-hybridized carbons (Fsp3) is 0.909. The highest BCUT2D eigenvalue weighted by molar-refractivity contribution is 9.09. The lowest BCUT2D eigenvalue weighted by molar-refractivity contribution is -0.149. The maximum atomic E-state index is 11.6. The van der Waals surface area contributed by atoms with Crippen molar-refractivity contribution in [2.24, 2.45) is 5.92 Å². The Morgan fingerprint density at radius 1 is 1.60 bits per heavy atom. The zero-order chi connectivity index (χ0) is 11.1. The Hall–Kier alpha value is -0.0900. The Morgan fingerprint density at radius 3 is 3.07 bits per heavy atom. The quantitative estimate of drug-likeness (QED) is 0.569. The van der Waals surface area contributed by atoms with E-state index in [0.29, 0.717) is 6.61 Å². The van der Waals surface area contributed by atoms with Gasteiger partial charge in [-0.05, 0) is 39.3 Å². The molecule has 1 fully saturated rings. The van der Waals surface area contributed by atoms with E-state index in [4.69, 9.17) is 4.74 Å². The maximum Gasteiger partial charge on any atom is 0.310 e. The second kappa shape index (κ2) is 7.23. The number of carbonyl (C=O) groups excluding carboxylic acids is 1. The van der Waals surface area contributed by atoms with Crippen LogP contribution in [0.3, 0.4) is 0 Å². The van der Waals surface area contributed by atoms with E-state index >= 15 is 0 Å². The minimum absolute atomic E-state index is 0.0129. The molecule has 1 rings (SSSR count). The lowest BCUT2D eigenvalue weighted by Crippen LogP contribution is -2.39. The first kappa shape index (κ1) is 13.0. The molecule has 3 nitrogen and oxygen atoms in total. The lowest BCUT2D eigenvalue weighted by atomic mass is 9.98. The molecule has 0 aromatic carbocycles. The highest BCUT2D eigenvalue weighted by Crippen LogP contribution is 2.18. The van der Waals surface area contributed by atoms with E-state index in [-0.39, 0.29) is 11.9 Å². The monoisotopic (exact) mass is 277 g/mol. The van der Waals surface area contributed by atoms with Crippen LogP contribution in [0.25, 0.3) is 0 Å². The van der Waals surface area contributed by atoms with Gasteiger partial charge >= 0.3 is 5.97 Å². The molecular weight excluding hydrogens is 258 g/mol. The maximum absolute atomic E-state index is 11.6. The van der Waals surface area contributed by atoms with Gasteiger partial charge in [0.1, 0.15) is 0 Å². The molecule has 1 saturated heterocycles. The number of piperidine rings is 1. The van der Waals surface area contributed by atoms with E-state index in [1.54, 1.807) is 0 Å². The number of hydrogen-bond donors (Lipinski definition) is 0. The van der Waals surface area contributed by atoms with Gasteiger partial charge in [-0.25, -0.2) is 0 Å². The van der Waals surface area contributed by atoms with Crippen molar-refractivity contribution >= 4 is 21.9 Å². The molecule has 1 heterocycles. The van der Waals surface area contributed by atoms with Crippen LogP contribution in [-0.2, 0) is 9.53 Å². The molecule has 0 amide bonds. The molecule has 0 radical (unpaired) electrons. The highest BCUT2D eigenvalue weighted by Gasteiger charge is 2.26. The summed E-state index contributed by atoms with van der Waals surface area (Å²) in [5.41, 5.74) is 0. The summed E-state index contributed by atoms with van der Waals surface area (Å²) < 4.78 is 5.06. The molecule has 0 spiro atoms. The van der Waals surface area contributed by atoms with Gasteiger partial charge in [0.2, 0.25) is 0 Å².